The third-order valence-electron chi connectivity index (χ3n) is 3.19. The molecular weight excluding hydrogens is 246 g/mol. The van der Waals surface area contributed by atoms with Crippen LogP contribution >= 0.6 is 0 Å². The number of nitrogens with zero attached hydrogens (tertiary/aromatic N) is 1. The SMILES string of the molecule is CCCC(C)(C(=O)OCC)c1ccc([N+](=O)[O-])cc1. The van der Waals surface area contributed by atoms with Crippen LogP contribution in [-0.2, 0) is 14.9 Å². The van der Waals surface area contributed by atoms with Crippen LogP contribution in [0.4, 0.5) is 5.69 Å². The molecule has 0 N–H and O–H groups in total. The lowest BCUT2D eigenvalue weighted by molar-refractivity contribution is -0.384. The van der Waals surface area contributed by atoms with E-state index in [0.29, 0.717) is 13.0 Å². The first-order valence-corrected chi connectivity index (χ1v) is 6.37. The summed E-state index contributed by atoms with van der Waals surface area (Å²) in [7, 11) is 0. The Morgan fingerprint density at radius 1 is 1.32 bits per heavy atom. The zero-order valence-corrected chi connectivity index (χ0v) is 11.5. The van der Waals surface area contributed by atoms with Crippen LogP contribution < -0.4 is 0 Å². The molecule has 1 rings (SSSR count). The average molecular weight is 265 g/mol. The summed E-state index contributed by atoms with van der Waals surface area (Å²) in [5.74, 6) is -0.286. The van der Waals surface area contributed by atoms with Gasteiger partial charge in [0.1, 0.15) is 0 Å². The summed E-state index contributed by atoms with van der Waals surface area (Å²) in [4.78, 5) is 22.3. The number of carbonyl (C=O) groups excluding carboxylic acids is 1. The number of nitro groups is 1. The number of hydrogen-bond acceptors (Lipinski definition) is 4. The molecule has 0 radical (unpaired) electrons. The molecule has 5 nitrogen and oxygen atoms in total. The summed E-state index contributed by atoms with van der Waals surface area (Å²) in [5, 5.41) is 10.6. The Hall–Kier alpha value is -1.91. The summed E-state index contributed by atoms with van der Waals surface area (Å²) < 4.78 is 5.12. The second kappa shape index (κ2) is 6.31. The molecule has 0 aliphatic carbocycles. The second-order valence-corrected chi connectivity index (χ2v) is 4.61. The van der Waals surface area contributed by atoms with Crippen molar-refractivity contribution in [1.29, 1.82) is 0 Å². The largest absolute Gasteiger partial charge is 0.465 e. The quantitative estimate of drug-likeness (QED) is 0.450. The molecule has 0 aromatic heterocycles. The van der Waals surface area contributed by atoms with Crippen molar-refractivity contribution in [3.05, 3.63) is 39.9 Å². The zero-order valence-electron chi connectivity index (χ0n) is 11.5. The van der Waals surface area contributed by atoms with E-state index < -0.39 is 10.3 Å². The van der Waals surface area contributed by atoms with Gasteiger partial charge in [-0.25, -0.2) is 0 Å². The lowest BCUT2D eigenvalue weighted by Crippen LogP contribution is -2.34. The van der Waals surface area contributed by atoms with Crippen molar-refractivity contribution in [3.8, 4) is 0 Å². The van der Waals surface area contributed by atoms with E-state index in [0.717, 1.165) is 12.0 Å². The number of esters is 1. The van der Waals surface area contributed by atoms with E-state index in [2.05, 4.69) is 0 Å². The summed E-state index contributed by atoms with van der Waals surface area (Å²) in [5.41, 5.74) is 0.0183. The molecule has 0 saturated carbocycles. The standard InChI is InChI=1S/C14H19NO4/c1-4-10-14(3,13(16)19-5-2)11-6-8-12(9-7-11)15(17)18/h6-9H,4-5,10H2,1-3H3. The lowest BCUT2D eigenvalue weighted by atomic mass is 9.78. The Kier molecular flexibility index (Phi) is 5.03. The molecular formula is C14H19NO4. The zero-order chi connectivity index (χ0) is 14.5. The smallest absolute Gasteiger partial charge is 0.316 e. The van der Waals surface area contributed by atoms with Crippen LogP contribution in [0.1, 0.15) is 39.2 Å². The Balaban J connectivity index is 3.11. The summed E-state index contributed by atoms with van der Waals surface area (Å²) in [6, 6.07) is 6.10. The highest BCUT2D eigenvalue weighted by molar-refractivity contribution is 5.82. The van der Waals surface area contributed by atoms with E-state index >= 15 is 0 Å². The van der Waals surface area contributed by atoms with E-state index in [1.807, 2.05) is 13.8 Å². The number of rotatable bonds is 6. The van der Waals surface area contributed by atoms with Gasteiger partial charge in [-0.2, -0.15) is 0 Å². The van der Waals surface area contributed by atoms with Crippen LogP contribution in [0.3, 0.4) is 0 Å². The second-order valence-electron chi connectivity index (χ2n) is 4.61. The van der Waals surface area contributed by atoms with Gasteiger partial charge in [-0.1, -0.05) is 25.5 Å². The fourth-order valence-electron chi connectivity index (χ4n) is 2.11. The van der Waals surface area contributed by atoms with Crippen molar-refractivity contribution < 1.29 is 14.5 Å². The summed E-state index contributed by atoms with van der Waals surface area (Å²) >= 11 is 0. The van der Waals surface area contributed by atoms with Gasteiger partial charge in [0, 0.05) is 12.1 Å². The fraction of sp³-hybridized carbons (Fsp3) is 0.500. The van der Waals surface area contributed by atoms with Gasteiger partial charge in [0.25, 0.3) is 5.69 Å². The molecule has 0 aliphatic rings. The third-order valence-corrected chi connectivity index (χ3v) is 3.19. The molecule has 1 aromatic rings. The maximum absolute atomic E-state index is 12.1. The van der Waals surface area contributed by atoms with Gasteiger partial charge in [0.2, 0.25) is 0 Å². The van der Waals surface area contributed by atoms with Gasteiger partial charge in [0.05, 0.1) is 16.9 Å². The fourth-order valence-corrected chi connectivity index (χ4v) is 2.11. The number of carbonyl (C=O) groups is 1. The van der Waals surface area contributed by atoms with E-state index in [1.54, 1.807) is 19.1 Å². The third kappa shape index (κ3) is 3.30. The van der Waals surface area contributed by atoms with Crippen molar-refractivity contribution in [2.75, 3.05) is 6.61 Å². The minimum absolute atomic E-state index is 0.0199. The summed E-state index contributed by atoms with van der Waals surface area (Å²) in [6.07, 6.45) is 1.47. The predicted molar refractivity (Wildman–Crippen MR) is 72.0 cm³/mol. The number of ether oxygens (including phenoxy) is 1. The molecule has 0 bridgehead atoms. The number of nitro benzene ring substituents is 1. The molecule has 0 saturated heterocycles. The van der Waals surface area contributed by atoms with E-state index in [-0.39, 0.29) is 11.7 Å². The first kappa shape index (κ1) is 15.1. The van der Waals surface area contributed by atoms with Crippen LogP contribution in [-0.4, -0.2) is 17.5 Å². The van der Waals surface area contributed by atoms with Crippen molar-refractivity contribution >= 4 is 11.7 Å². The van der Waals surface area contributed by atoms with Crippen LogP contribution in [0.2, 0.25) is 0 Å². The average Bonchev–Trinajstić information content (AvgIpc) is 2.39. The Labute approximate surface area is 112 Å². The molecule has 19 heavy (non-hydrogen) atoms. The van der Waals surface area contributed by atoms with Crippen LogP contribution in [0, 0.1) is 10.1 Å². The number of non-ortho nitro benzene ring substituents is 1. The topological polar surface area (TPSA) is 69.4 Å². The van der Waals surface area contributed by atoms with Gasteiger partial charge in [0.15, 0.2) is 0 Å². The summed E-state index contributed by atoms with van der Waals surface area (Å²) in [6.45, 7) is 5.89. The lowest BCUT2D eigenvalue weighted by Gasteiger charge is -2.27. The Bertz CT molecular complexity index is 455. The van der Waals surface area contributed by atoms with Gasteiger partial charge in [-0.3, -0.25) is 14.9 Å². The maximum atomic E-state index is 12.1. The van der Waals surface area contributed by atoms with Gasteiger partial charge < -0.3 is 4.74 Å². The van der Waals surface area contributed by atoms with Crippen LogP contribution in [0.15, 0.2) is 24.3 Å². The van der Waals surface area contributed by atoms with E-state index in [4.69, 9.17) is 4.74 Å². The molecule has 0 fully saturated rings. The van der Waals surface area contributed by atoms with Gasteiger partial charge in [-0.15, -0.1) is 0 Å². The minimum Gasteiger partial charge on any atom is -0.465 e. The number of benzene rings is 1. The highest BCUT2D eigenvalue weighted by Gasteiger charge is 2.36. The van der Waals surface area contributed by atoms with E-state index in [9.17, 15) is 14.9 Å². The Morgan fingerprint density at radius 2 is 1.89 bits per heavy atom. The first-order valence-electron chi connectivity index (χ1n) is 6.37. The van der Waals surface area contributed by atoms with E-state index in [1.165, 1.54) is 12.1 Å². The van der Waals surface area contributed by atoms with Crippen molar-refractivity contribution in [3.63, 3.8) is 0 Å². The molecule has 104 valence electrons. The molecule has 5 heteroatoms. The van der Waals surface area contributed by atoms with Crippen molar-refractivity contribution in [2.24, 2.45) is 0 Å². The Morgan fingerprint density at radius 3 is 2.32 bits per heavy atom. The monoisotopic (exact) mass is 265 g/mol. The normalized spacial score (nSPS) is 13.6. The molecule has 0 amide bonds. The highest BCUT2D eigenvalue weighted by atomic mass is 16.6. The first-order chi connectivity index (χ1) is 8.95. The molecule has 0 heterocycles. The molecule has 1 aromatic carbocycles. The van der Waals surface area contributed by atoms with Gasteiger partial charge >= 0.3 is 5.97 Å². The van der Waals surface area contributed by atoms with Crippen molar-refractivity contribution in [1.82, 2.24) is 0 Å². The molecule has 0 aliphatic heterocycles. The molecule has 1 atom stereocenters. The number of hydrogen-bond donors (Lipinski definition) is 0. The minimum atomic E-state index is -0.750. The highest BCUT2D eigenvalue weighted by Crippen LogP contribution is 2.31. The molecule has 1 unspecified atom stereocenters. The van der Waals surface area contributed by atoms with Gasteiger partial charge in [-0.05, 0) is 25.8 Å². The van der Waals surface area contributed by atoms with Crippen LogP contribution in [0.5, 0.6) is 0 Å². The molecule has 0 spiro atoms. The van der Waals surface area contributed by atoms with Crippen molar-refractivity contribution in [2.45, 2.75) is 39.0 Å². The predicted octanol–water partition coefficient (Wildman–Crippen LogP) is 3.22. The van der Waals surface area contributed by atoms with Crippen LogP contribution in [0.25, 0.3) is 0 Å². The maximum Gasteiger partial charge on any atom is 0.316 e.